The molecule has 8 heteroatoms. The van der Waals surface area contributed by atoms with Crippen LogP contribution in [0.2, 0.25) is 0 Å². The van der Waals surface area contributed by atoms with E-state index in [0.29, 0.717) is 12.1 Å². The van der Waals surface area contributed by atoms with Gasteiger partial charge in [-0.2, -0.15) is 0 Å². The Morgan fingerprint density at radius 1 is 1.22 bits per heavy atom. The number of benzene rings is 1. The van der Waals surface area contributed by atoms with Gasteiger partial charge in [-0.1, -0.05) is 0 Å². The van der Waals surface area contributed by atoms with Crippen LogP contribution in [-0.4, -0.2) is 65.6 Å². The molecule has 0 radical (unpaired) electrons. The molecule has 2 aliphatic heterocycles. The summed E-state index contributed by atoms with van der Waals surface area (Å²) in [7, 11) is 5.16. The van der Waals surface area contributed by atoms with Crippen LogP contribution in [0.15, 0.2) is 23.2 Å². The summed E-state index contributed by atoms with van der Waals surface area (Å²) >= 11 is 0. The van der Waals surface area contributed by atoms with Crippen molar-refractivity contribution in [2.45, 2.75) is 31.4 Å². The largest absolute Gasteiger partial charge is 0.497 e. The lowest BCUT2D eigenvalue weighted by Crippen LogP contribution is -2.46. The molecule has 0 saturated carbocycles. The quantitative estimate of drug-likeness (QED) is 0.363. The van der Waals surface area contributed by atoms with Crippen LogP contribution in [0.4, 0.5) is 5.69 Å². The normalized spacial score (nSPS) is 22.3. The van der Waals surface area contributed by atoms with Gasteiger partial charge in [-0.15, -0.1) is 24.0 Å². The standard InChI is InChI=1S/C19H30N4O3.HI/c1-20-19(21-12-16-5-4-8-26-16)22-14-6-7-23(13-14)15-9-17(24-2)11-18(10-15)25-3;/h9-11,14,16H,4-8,12-13H2,1-3H3,(H2,20,21,22);1H. The van der Waals surface area contributed by atoms with Gasteiger partial charge in [0.25, 0.3) is 0 Å². The number of halogens is 1. The van der Waals surface area contributed by atoms with Crippen molar-refractivity contribution in [1.29, 1.82) is 0 Å². The number of rotatable bonds is 6. The summed E-state index contributed by atoms with van der Waals surface area (Å²) in [5, 5.41) is 6.91. The number of methoxy groups -OCH3 is 2. The fourth-order valence-electron chi connectivity index (χ4n) is 3.49. The number of guanidine groups is 1. The Labute approximate surface area is 178 Å². The van der Waals surface area contributed by atoms with E-state index in [4.69, 9.17) is 14.2 Å². The van der Waals surface area contributed by atoms with E-state index in [0.717, 1.165) is 68.6 Å². The molecule has 7 nitrogen and oxygen atoms in total. The highest BCUT2D eigenvalue weighted by atomic mass is 127. The van der Waals surface area contributed by atoms with Crippen LogP contribution in [0.1, 0.15) is 19.3 Å². The average Bonchev–Trinajstić information content (AvgIpc) is 3.36. The molecule has 2 saturated heterocycles. The van der Waals surface area contributed by atoms with Gasteiger partial charge in [-0.3, -0.25) is 4.99 Å². The summed E-state index contributed by atoms with van der Waals surface area (Å²) in [6.07, 6.45) is 3.64. The first-order chi connectivity index (χ1) is 12.7. The first kappa shape index (κ1) is 21.9. The minimum atomic E-state index is 0. The lowest BCUT2D eigenvalue weighted by atomic mass is 10.2. The van der Waals surface area contributed by atoms with Gasteiger partial charge >= 0.3 is 0 Å². The molecular formula is C19H31IN4O3. The molecule has 2 N–H and O–H groups in total. The second kappa shape index (κ2) is 10.8. The van der Waals surface area contributed by atoms with E-state index in [1.54, 1.807) is 14.2 Å². The molecule has 152 valence electrons. The molecule has 1 aromatic carbocycles. The number of aliphatic imine (C=N–C) groups is 1. The summed E-state index contributed by atoms with van der Waals surface area (Å²) < 4.78 is 16.4. The summed E-state index contributed by atoms with van der Waals surface area (Å²) in [6.45, 7) is 3.58. The Morgan fingerprint density at radius 2 is 1.96 bits per heavy atom. The van der Waals surface area contributed by atoms with Crippen LogP contribution < -0.4 is 25.0 Å². The van der Waals surface area contributed by atoms with Gasteiger partial charge in [0.05, 0.1) is 20.3 Å². The van der Waals surface area contributed by atoms with Crippen LogP contribution in [0.25, 0.3) is 0 Å². The molecule has 0 aromatic heterocycles. The fourth-order valence-corrected chi connectivity index (χ4v) is 3.49. The third-order valence-electron chi connectivity index (χ3n) is 4.98. The van der Waals surface area contributed by atoms with Crippen LogP contribution in [0.3, 0.4) is 0 Å². The Kier molecular flexibility index (Phi) is 8.75. The lowest BCUT2D eigenvalue weighted by molar-refractivity contribution is 0.113. The molecule has 3 rings (SSSR count). The lowest BCUT2D eigenvalue weighted by Gasteiger charge is -2.22. The first-order valence-electron chi connectivity index (χ1n) is 9.28. The third kappa shape index (κ3) is 6.03. The fraction of sp³-hybridized carbons (Fsp3) is 0.632. The van der Waals surface area contributed by atoms with E-state index >= 15 is 0 Å². The molecule has 0 amide bonds. The summed E-state index contributed by atoms with van der Waals surface area (Å²) in [5.41, 5.74) is 1.12. The maximum Gasteiger partial charge on any atom is 0.191 e. The minimum absolute atomic E-state index is 0. The smallest absolute Gasteiger partial charge is 0.191 e. The number of hydrogen-bond acceptors (Lipinski definition) is 5. The van der Waals surface area contributed by atoms with Gasteiger partial charge in [-0.05, 0) is 19.3 Å². The Morgan fingerprint density at radius 3 is 2.56 bits per heavy atom. The second-order valence-electron chi connectivity index (χ2n) is 6.73. The third-order valence-corrected chi connectivity index (χ3v) is 4.98. The molecule has 0 aliphatic carbocycles. The van der Waals surface area contributed by atoms with Crippen molar-refractivity contribution < 1.29 is 14.2 Å². The maximum absolute atomic E-state index is 5.66. The molecule has 0 bridgehead atoms. The van der Waals surface area contributed by atoms with Crippen LogP contribution in [0.5, 0.6) is 11.5 Å². The minimum Gasteiger partial charge on any atom is -0.497 e. The first-order valence-corrected chi connectivity index (χ1v) is 9.28. The van der Waals surface area contributed by atoms with Crippen molar-refractivity contribution in [1.82, 2.24) is 10.6 Å². The van der Waals surface area contributed by atoms with Crippen LogP contribution in [-0.2, 0) is 4.74 Å². The predicted molar refractivity (Wildman–Crippen MR) is 119 cm³/mol. The van der Waals surface area contributed by atoms with Gasteiger partial charge in [0.1, 0.15) is 11.5 Å². The Bertz CT molecular complexity index is 601. The molecule has 2 unspecified atom stereocenters. The zero-order chi connectivity index (χ0) is 18.4. The Hall–Kier alpha value is -1.42. The van der Waals surface area contributed by atoms with Gasteiger partial charge in [0.15, 0.2) is 5.96 Å². The van der Waals surface area contributed by atoms with Crippen molar-refractivity contribution in [2.24, 2.45) is 4.99 Å². The molecule has 0 spiro atoms. The van der Waals surface area contributed by atoms with Gasteiger partial charge in [0.2, 0.25) is 0 Å². The molecule has 2 atom stereocenters. The van der Waals surface area contributed by atoms with E-state index in [-0.39, 0.29) is 24.0 Å². The van der Waals surface area contributed by atoms with E-state index in [9.17, 15) is 0 Å². The van der Waals surface area contributed by atoms with Gasteiger partial charge < -0.3 is 29.7 Å². The van der Waals surface area contributed by atoms with Crippen molar-refractivity contribution >= 4 is 35.6 Å². The summed E-state index contributed by atoms with van der Waals surface area (Å²) in [5.74, 6) is 2.46. The summed E-state index contributed by atoms with van der Waals surface area (Å²) in [6, 6.07) is 6.35. The molecular weight excluding hydrogens is 459 g/mol. The molecule has 2 heterocycles. The predicted octanol–water partition coefficient (Wildman–Crippen LogP) is 2.24. The van der Waals surface area contributed by atoms with E-state index < -0.39 is 0 Å². The number of nitrogens with zero attached hydrogens (tertiary/aromatic N) is 2. The maximum atomic E-state index is 5.66. The molecule has 1 aromatic rings. The van der Waals surface area contributed by atoms with Crippen molar-refractivity contribution in [3.63, 3.8) is 0 Å². The Balaban J connectivity index is 0.00000261. The van der Waals surface area contributed by atoms with E-state index in [1.165, 1.54) is 0 Å². The van der Waals surface area contributed by atoms with Crippen molar-refractivity contribution in [3.8, 4) is 11.5 Å². The topological polar surface area (TPSA) is 67.4 Å². The molecule has 2 aliphatic rings. The SMILES string of the molecule is CN=C(NCC1CCCO1)NC1CCN(c2cc(OC)cc(OC)c2)C1.I. The number of nitrogens with one attached hydrogen (secondary N) is 2. The zero-order valence-corrected chi connectivity index (χ0v) is 18.7. The molecule has 2 fully saturated rings. The van der Waals surface area contributed by atoms with Crippen LogP contribution >= 0.6 is 24.0 Å². The zero-order valence-electron chi connectivity index (χ0n) is 16.4. The highest BCUT2D eigenvalue weighted by molar-refractivity contribution is 14.0. The highest BCUT2D eigenvalue weighted by Crippen LogP contribution is 2.30. The van der Waals surface area contributed by atoms with E-state index in [2.05, 4.69) is 32.7 Å². The molecule has 27 heavy (non-hydrogen) atoms. The van der Waals surface area contributed by atoms with Gasteiger partial charge in [-0.25, -0.2) is 0 Å². The number of ether oxygens (including phenoxy) is 3. The second-order valence-corrected chi connectivity index (χ2v) is 6.73. The van der Waals surface area contributed by atoms with E-state index in [1.807, 2.05) is 13.1 Å². The van der Waals surface area contributed by atoms with Crippen LogP contribution in [0, 0.1) is 0 Å². The van der Waals surface area contributed by atoms with Crippen molar-refractivity contribution in [3.05, 3.63) is 18.2 Å². The highest BCUT2D eigenvalue weighted by Gasteiger charge is 2.25. The number of hydrogen-bond donors (Lipinski definition) is 2. The van der Waals surface area contributed by atoms with Gasteiger partial charge in [0, 0.05) is 63.2 Å². The summed E-state index contributed by atoms with van der Waals surface area (Å²) in [4.78, 5) is 6.69. The monoisotopic (exact) mass is 490 g/mol. The number of anilines is 1. The average molecular weight is 490 g/mol. The van der Waals surface area contributed by atoms with Crippen molar-refractivity contribution in [2.75, 3.05) is 52.4 Å².